The Kier molecular flexibility index (Phi) is 4.20. The van der Waals surface area contributed by atoms with Crippen molar-refractivity contribution in [2.45, 2.75) is 18.1 Å². The van der Waals surface area contributed by atoms with Crippen LogP contribution >= 0.6 is 0 Å². The zero-order valence-electron chi connectivity index (χ0n) is 13.7. The van der Waals surface area contributed by atoms with Crippen LogP contribution in [0, 0.1) is 0 Å². The molecule has 0 aliphatic heterocycles. The Morgan fingerprint density at radius 3 is 1.04 bits per heavy atom. The maximum atomic E-state index is 9.19. The molecular formula is C21H22NSi. The molecule has 0 atom stereocenters. The van der Waals surface area contributed by atoms with E-state index in [1.54, 1.807) is 0 Å². The Balaban J connectivity index is 2.41. The van der Waals surface area contributed by atoms with Crippen molar-refractivity contribution in [2.24, 2.45) is 0 Å². The maximum Gasteiger partial charge on any atom is 0.154 e. The average Bonchev–Trinajstić information content (AvgIpc) is 2.57. The van der Waals surface area contributed by atoms with Crippen molar-refractivity contribution in [1.82, 2.24) is 5.40 Å². The molecule has 0 amide bonds. The molecule has 0 aromatic heterocycles. The number of benzene rings is 3. The highest BCUT2D eigenvalue weighted by molar-refractivity contribution is 6.78. The largest absolute Gasteiger partial charge is 0.284 e. The minimum atomic E-state index is -2.41. The highest BCUT2D eigenvalue weighted by atomic mass is 28.3. The molecule has 0 saturated heterocycles. The summed E-state index contributed by atoms with van der Waals surface area (Å²) in [5.74, 6) is 0. The molecule has 0 fully saturated rings. The maximum absolute atomic E-state index is 9.19. The fraction of sp³-hybridized carbons (Fsp3) is 0.143. The average molecular weight is 316 g/mol. The van der Waals surface area contributed by atoms with Crippen LogP contribution in [0.5, 0.6) is 0 Å². The van der Waals surface area contributed by atoms with Gasteiger partial charge in [-0.3, -0.25) is 5.40 Å². The first-order valence-electron chi connectivity index (χ1n) is 7.98. The number of hydrogen-bond donors (Lipinski definition) is 0. The summed E-state index contributed by atoms with van der Waals surface area (Å²) < 4.78 is 0. The predicted octanol–water partition coefficient (Wildman–Crippen LogP) is 5.05. The SMILES string of the molecule is C[Si](C)([NH])C(c1ccccc1)(c1ccccc1)c1ccccc1. The van der Waals surface area contributed by atoms with E-state index in [1.165, 1.54) is 16.7 Å². The van der Waals surface area contributed by atoms with Crippen molar-refractivity contribution in [3.05, 3.63) is 108 Å². The van der Waals surface area contributed by atoms with E-state index in [0.29, 0.717) is 0 Å². The minimum absolute atomic E-state index is 0.378. The van der Waals surface area contributed by atoms with Gasteiger partial charge in [-0.2, -0.15) is 0 Å². The Labute approximate surface area is 139 Å². The molecule has 0 aliphatic rings. The van der Waals surface area contributed by atoms with Crippen LogP contribution in [0.1, 0.15) is 16.7 Å². The summed E-state index contributed by atoms with van der Waals surface area (Å²) in [7, 11) is -2.41. The summed E-state index contributed by atoms with van der Waals surface area (Å²) in [6.07, 6.45) is 0. The third-order valence-corrected chi connectivity index (χ3v) is 7.30. The van der Waals surface area contributed by atoms with Crippen molar-refractivity contribution >= 4 is 8.24 Å². The first-order valence-corrected chi connectivity index (χ1v) is 11.0. The first kappa shape index (κ1) is 15.7. The standard InChI is InChI=1S/C21H22NSi/c1-23(2,22)21(18-12-6-3-7-13-18,19-14-8-4-9-15-19)20-16-10-5-11-17-20/h3-17,22H,1-2H3. The third kappa shape index (κ3) is 2.65. The van der Waals surface area contributed by atoms with Crippen LogP contribution in [0.4, 0.5) is 0 Å². The van der Waals surface area contributed by atoms with Crippen LogP contribution < -0.4 is 5.40 Å². The van der Waals surface area contributed by atoms with E-state index in [9.17, 15) is 5.40 Å². The van der Waals surface area contributed by atoms with E-state index in [4.69, 9.17) is 0 Å². The van der Waals surface area contributed by atoms with Crippen LogP contribution in [0.25, 0.3) is 0 Å². The van der Waals surface area contributed by atoms with Crippen molar-refractivity contribution in [3.63, 3.8) is 0 Å². The summed E-state index contributed by atoms with van der Waals surface area (Å²) in [6, 6.07) is 31.6. The lowest BCUT2D eigenvalue weighted by Crippen LogP contribution is -2.55. The summed E-state index contributed by atoms with van der Waals surface area (Å²) in [5.41, 5.74) is 3.64. The zero-order valence-corrected chi connectivity index (χ0v) is 14.7. The topological polar surface area (TPSA) is 23.8 Å². The van der Waals surface area contributed by atoms with E-state index in [2.05, 4.69) is 85.9 Å². The number of hydrogen-bond acceptors (Lipinski definition) is 0. The van der Waals surface area contributed by atoms with E-state index in [1.807, 2.05) is 18.2 Å². The molecule has 1 nitrogen and oxygen atoms in total. The molecule has 23 heavy (non-hydrogen) atoms. The molecule has 3 aromatic rings. The summed E-state index contributed by atoms with van der Waals surface area (Å²) in [5, 5.41) is 8.81. The van der Waals surface area contributed by atoms with Crippen molar-refractivity contribution in [1.29, 1.82) is 0 Å². The van der Waals surface area contributed by atoms with Crippen LogP contribution in [-0.4, -0.2) is 8.24 Å². The molecule has 0 unspecified atom stereocenters. The summed E-state index contributed by atoms with van der Waals surface area (Å²) >= 11 is 0. The lowest BCUT2D eigenvalue weighted by molar-refractivity contribution is 0.818. The Hall–Kier alpha value is -2.16. The molecule has 0 aliphatic carbocycles. The molecule has 1 N–H and O–H groups in total. The van der Waals surface area contributed by atoms with Crippen molar-refractivity contribution in [3.8, 4) is 0 Å². The molecule has 0 saturated carbocycles. The molecule has 0 bridgehead atoms. The van der Waals surface area contributed by atoms with E-state index >= 15 is 0 Å². The predicted molar refractivity (Wildman–Crippen MR) is 99.8 cm³/mol. The Morgan fingerprint density at radius 1 is 0.565 bits per heavy atom. The van der Waals surface area contributed by atoms with Crippen LogP contribution in [0.3, 0.4) is 0 Å². The van der Waals surface area contributed by atoms with Crippen molar-refractivity contribution in [2.75, 3.05) is 0 Å². The van der Waals surface area contributed by atoms with Gasteiger partial charge < -0.3 is 0 Å². The molecule has 3 rings (SSSR count). The molecule has 3 aromatic carbocycles. The first-order chi connectivity index (χ1) is 11.1. The minimum Gasteiger partial charge on any atom is -0.284 e. The fourth-order valence-electron chi connectivity index (χ4n) is 3.65. The van der Waals surface area contributed by atoms with Crippen LogP contribution in [0.2, 0.25) is 13.1 Å². The fourth-order valence-corrected chi connectivity index (χ4v) is 6.31. The molecular weight excluding hydrogens is 294 g/mol. The second-order valence-electron chi connectivity index (χ2n) is 6.47. The zero-order chi connectivity index (χ0) is 16.3. The van der Waals surface area contributed by atoms with Gasteiger partial charge in [-0.1, -0.05) is 104 Å². The summed E-state index contributed by atoms with van der Waals surface area (Å²) in [4.78, 5) is 0. The molecule has 0 heterocycles. The van der Waals surface area contributed by atoms with Gasteiger partial charge in [-0.25, -0.2) is 0 Å². The van der Waals surface area contributed by atoms with E-state index < -0.39 is 8.24 Å². The van der Waals surface area contributed by atoms with Gasteiger partial charge in [0.25, 0.3) is 0 Å². The second kappa shape index (κ2) is 6.15. The van der Waals surface area contributed by atoms with Gasteiger partial charge in [0.05, 0.1) is 5.04 Å². The molecule has 1 radical (unpaired) electrons. The lowest BCUT2D eigenvalue weighted by Gasteiger charge is -2.44. The highest BCUT2D eigenvalue weighted by Crippen LogP contribution is 2.44. The molecule has 0 spiro atoms. The van der Waals surface area contributed by atoms with Gasteiger partial charge in [0, 0.05) is 0 Å². The van der Waals surface area contributed by atoms with Crippen LogP contribution in [0.15, 0.2) is 91.0 Å². The second-order valence-corrected chi connectivity index (χ2v) is 10.5. The highest BCUT2D eigenvalue weighted by Gasteiger charge is 2.49. The molecule has 115 valence electrons. The Bertz CT molecular complexity index is 649. The molecule has 2 heteroatoms. The third-order valence-electron chi connectivity index (χ3n) is 4.56. The van der Waals surface area contributed by atoms with Gasteiger partial charge in [-0.15, -0.1) is 0 Å². The normalized spacial score (nSPS) is 12.1. The van der Waals surface area contributed by atoms with Gasteiger partial charge >= 0.3 is 0 Å². The lowest BCUT2D eigenvalue weighted by atomic mass is 9.84. The Morgan fingerprint density at radius 2 is 0.826 bits per heavy atom. The quantitative estimate of drug-likeness (QED) is 0.475. The summed E-state index contributed by atoms with van der Waals surface area (Å²) in [6.45, 7) is 4.28. The number of nitrogens with one attached hydrogen (secondary N) is 1. The van der Waals surface area contributed by atoms with Gasteiger partial charge in [-0.05, 0) is 16.7 Å². The van der Waals surface area contributed by atoms with Crippen LogP contribution in [-0.2, 0) is 5.04 Å². The van der Waals surface area contributed by atoms with Gasteiger partial charge in [0.1, 0.15) is 0 Å². The monoisotopic (exact) mass is 316 g/mol. The van der Waals surface area contributed by atoms with E-state index in [0.717, 1.165) is 0 Å². The van der Waals surface area contributed by atoms with E-state index in [-0.39, 0.29) is 5.04 Å². The van der Waals surface area contributed by atoms with Gasteiger partial charge in [0.15, 0.2) is 8.24 Å². The smallest absolute Gasteiger partial charge is 0.154 e. The van der Waals surface area contributed by atoms with Crippen molar-refractivity contribution < 1.29 is 0 Å². The van der Waals surface area contributed by atoms with Gasteiger partial charge in [0.2, 0.25) is 0 Å². The number of rotatable bonds is 4.